The van der Waals surface area contributed by atoms with Gasteiger partial charge < -0.3 is 19.7 Å². The lowest BCUT2D eigenvalue weighted by Gasteiger charge is -2.37. The summed E-state index contributed by atoms with van der Waals surface area (Å²) in [5, 5.41) is 18.9. The lowest BCUT2D eigenvalue weighted by atomic mass is 10.0. The van der Waals surface area contributed by atoms with Crippen LogP contribution < -0.4 is 0 Å². The molecule has 0 saturated heterocycles. The van der Waals surface area contributed by atoms with Crippen molar-refractivity contribution in [2.24, 2.45) is 5.92 Å². The summed E-state index contributed by atoms with van der Waals surface area (Å²) in [4.78, 5) is 40.3. The number of aliphatic carboxylic acids is 1. The van der Waals surface area contributed by atoms with Gasteiger partial charge in [0, 0.05) is 15.9 Å². The summed E-state index contributed by atoms with van der Waals surface area (Å²) >= 11 is 2.51. The Bertz CT molecular complexity index is 913. The first-order valence-corrected chi connectivity index (χ1v) is 15.5. The van der Waals surface area contributed by atoms with Crippen LogP contribution in [0.15, 0.2) is 9.81 Å². The first-order valence-electron chi connectivity index (χ1n) is 13.9. The zero-order valence-corrected chi connectivity index (χ0v) is 28.9. The number of hydrogen-bond donors (Lipinski definition) is 2. The maximum absolute atomic E-state index is 13.7. The second-order valence-electron chi connectivity index (χ2n) is 14.4. The molecule has 0 aromatic rings. The molecule has 1 heterocycles. The van der Waals surface area contributed by atoms with E-state index in [0.717, 1.165) is 5.92 Å². The third kappa shape index (κ3) is 14.2. The van der Waals surface area contributed by atoms with Crippen molar-refractivity contribution in [1.82, 2.24) is 4.90 Å². The Labute approximate surface area is 251 Å². The van der Waals surface area contributed by atoms with Crippen molar-refractivity contribution in [2.75, 3.05) is 19.8 Å². The van der Waals surface area contributed by atoms with Gasteiger partial charge >= 0.3 is 5.97 Å². The molecule has 1 aliphatic heterocycles. The molecular weight excluding hydrogens is 550 g/mol. The van der Waals surface area contributed by atoms with Crippen molar-refractivity contribution in [1.29, 1.82) is 0 Å². The van der Waals surface area contributed by atoms with Crippen LogP contribution in [0, 0.1) is 5.92 Å². The van der Waals surface area contributed by atoms with E-state index in [9.17, 15) is 19.5 Å². The first-order chi connectivity index (χ1) is 17.8. The van der Waals surface area contributed by atoms with Crippen LogP contribution in [0.4, 0.5) is 0 Å². The Balaban J connectivity index is 0.00000354. The van der Waals surface area contributed by atoms with Gasteiger partial charge in [-0.25, -0.2) is 0 Å². The molecule has 0 atom stereocenters. The highest BCUT2D eigenvalue weighted by Gasteiger charge is 2.49. The van der Waals surface area contributed by atoms with Gasteiger partial charge in [0.2, 0.25) is 0 Å². The van der Waals surface area contributed by atoms with Gasteiger partial charge in [0.15, 0.2) is 0 Å². The Kier molecular flexibility index (Phi) is 14.5. The van der Waals surface area contributed by atoms with Crippen LogP contribution in [-0.2, 0) is 23.9 Å². The minimum absolute atomic E-state index is 0.0416. The van der Waals surface area contributed by atoms with E-state index in [2.05, 4.69) is 20.8 Å². The van der Waals surface area contributed by atoms with Gasteiger partial charge in [-0.1, -0.05) is 20.8 Å². The summed E-state index contributed by atoms with van der Waals surface area (Å²) in [6, 6.07) is 0. The highest BCUT2D eigenvalue weighted by Crippen LogP contribution is 2.47. The third-order valence-electron chi connectivity index (χ3n) is 5.35. The number of hydrogen-bond acceptors (Lipinski definition) is 8. The van der Waals surface area contributed by atoms with E-state index in [-0.39, 0.29) is 25.2 Å². The first kappa shape index (κ1) is 38.9. The minimum atomic E-state index is -0.988. The number of amides is 2. The molecule has 2 amide bonds. The number of carboxylic acids is 1. The Morgan fingerprint density at radius 2 is 1.23 bits per heavy atom. The normalized spacial score (nSPS) is 15.7. The van der Waals surface area contributed by atoms with Crippen molar-refractivity contribution >= 4 is 41.3 Å². The SMILES string of the molecule is CC(C)(C)OCC(C)(C)SC1=C(SC(C)(C)CO)C(=O)N(C(C)(C)COC(C)(C)CCC(=O)O)C1=O.CC(C)C. The molecule has 0 spiro atoms. The number of imide groups is 1. The number of carboxylic acid groups (broad SMARTS) is 1. The standard InChI is InChI=1S/C26H45NO7S2.C4H10/c1-22(2,3)33-16-26(10,11)36-19-18(35-25(8,9)14-28)20(31)27(21(19)32)23(4,5)15-34-24(6,7)13-12-17(29)30;1-4(2)3/h28H,12-16H2,1-11H3,(H,29,30);4H,1-3H3. The number of nitrogens with zero attached hydrogens (tertiary/aromatic N) is 1. The van der Waals surface area contributed by atoms with Gasteiger partial charge in [-0.15, -0.1) is 23.5 Å². The van der Waals surface area contributed by atoms with Gasteiger partial charge in [0.05, 0.1) is 46.4 Å². The van der Waals surface area contributed by atoms with Crippen LogP contribution in [0.3, 0.4) is 0 Å². The molecule has 0 aliphatic carbocycles. The fourth-order valence-electron chi connectivity index (χ4n) is 3.14. The molecule has 8 nitrogen and oxygen atoms in total. The second-order valence-corrected chi connectivity index (χ2v) is 17.8. The number of aliphatic hydroxyl groups excluding tert-OH is 1. The van der Waals surface area contributed by atoms with E-state index in [1.54, 1.807) is 27.7 Å². The van der Waals surface area contributed by atoms with Gasteiger partial charge in [-0.3, -0.25) is 19.3 Å². The highest BCUT2D eigenvalue weighted by atomic mass is 32.2. The summed E-state index contributed by atoms with van der Waals surface area (Å²) in [7, 11) is 0. The molecule has 1 aliphatic rings. The zero-order chi connectivity index (χ0) is 31.9. The van der Waals surface area contributed by atoms with Crippen molar-refractivity contribution in [2.45, 2.75) is 136 Å². The molecule has 0 radical (unpaired) electrons. The molecule has 1 rings (SSSR count). The van der Waals surface area contributed by atoms with Crippen LogP contribution in [0.2, 0.25) is 0 Å². The summed E-state index contributed by atoms with van der Waals surface area (Å²) in [5.74, 6) is -0.895. The van der Waals surface area contributed by atoms with E-state index >= 15 is 0 Å². The van der Waals surface area contributed by atoms with E-state index in [4.69, 9.17) is 14.6 Å². The maximum atomic E-state index is 13.7. The quantitative estimate of drug-likeness (QED) is 0.214. The third-order valence-corrected chi connectivity index (χ3v) is 8.00. The second kappa shape index (κ2) is 14.9. The number of carbonyl (C=O) groups excluding carboxylic acids is 2. The van der Waals surface area contributed by atoms with Gasteiger partial charge in [-0.05, 0) is 88.5 Å². The molecule has 10 heteroatoms. The van der Waals surface area contributed by atoms with Crippen molar-refractivity contribution in [3.63, 3.8) is 0 Å². The molecule has 0 aromatic carbocycles. The molecule has 2 N–H and O–H groups in total. The van der Waals surface area contributed by atoms with Crippen LogP contribution in [-0.4, -0.2) is 79.0 Å². The molecule has 0 unspecified atom stereocenters. The van der Waals surface area contributed by atoms with Gasteiger partial charge in [0.1, 0.15) is 0 Å². The molecule has 0 saturated carbocycles. The lowest BCUT2D eigenvalue weighted by molar-refractivity contribution is -0.149. The summed E-state index contributed by atoms with van der Waals surface area (Å²) in [5.41, 5.74) is -2.08. The number of rotatable bonds is 14. The Morgan fingerprint density at radius 3 is 1.60 bits per heavy atom. The average Bonchev–Trinajstić information content (AvgIpc) is 2.98. The van der Waals surface area contributed by atoms with Crippen molar-refractivity contribution < 1.29 is 34.1 Å². The summed E-state index contributed by atoms with van der Waals surface area (Å²) < 4.78 is 10.8. The van der Waals surface area contributed by atoms with Gasteiger partial charge in [0.25, 0.3) is 11.8 Å². The van der Waals surface area contributed by atoms with Gasteiger partial charge in [-0.2, -0.15) is 0 Å². The fourth-order valence-corrected chi connectivity index (χ4v) is 5.40. The Morgan fingerprint density at radius 1 is 0.800 bits per heavy atom. The number of aliphatic hydroxyl groups is 1. The smallest absolute Gasteiger partial charge is 0.303 e. The molecule has 0 bridgehead atoms. The van der Waals surface area contributed by atoms with Crippen LogP contribution in [0.1, 0.15) is 110 Å². The molecule has 0 aromatic heterocycles. The predicted octanol–water partition coefficient (Wildman–Crippen LogP) is 6.50. The summed E-state index contributed by atoms with van der Waals surface area (Å²) in [6.45, 7) is 27.3. The average molecular weight is 606 g/mol. The molecular formula is C30H55NO7S2. The van der Waals surface area contributed by atoms with Crippen LogP contribution in [0.25, 0.3) is 0 Å². The number of thioether (sulfide) groups is 2. The molecule has 234 valence electrons. The summed E-state index contributed by atoms with van der Waals surface area (Å²) in [6.07, 6.45) is 0.257. The number of ether oxygens (including phenoxy) is 2. The van der Waals surface area contributed by atoms with E-state index < -0.39 is 38.4 Å². The van der Waals surface area contributed by atoms with Crippen LogP contribution in [0.5, 0.6) is 0 Å². The monoisotopic (exact) mass is 605 g/mol. The van der Waals surface area contributed by atoms with Crippen molar-refractivity contribution in [3.05, 3.63) is 9.81 Å². The fraction of sp³-hybridized carbons (Fsp3) is 0.833. The lowest BCUT2D eigenvalue weighted by Crippen LogP contribution is -2.52. The molecule has 0 fully saturated rings. The Hall–Kier alpha value is -1.07. The van der Waals surface area contributed by atoms with E-state index in [1.165, 1.54) is 28.4 Å². The van der Waals surface area contributed by atoms with E-state index in [1.807, 2.05) is 48.5 Å². The highest BCUT2D eigenvalue weighted by molar-refractivity contribution is 8.09. The van der Waals surface area contributed by atoms with Crippen molar-refractivity contribution in [3.8, 4) is 0 Å². The van der Waals surface area contributed by atoms with Crippen LogP contribution >= 0.6 is 23.5 Å². The topological polar surface area (TPSA) is 113 Å². The maximum Gasteiger partial charge on any atom is 0.303 e. The molecule has 40 heavy (non-hydrogen) atoms. The zero-order valence-electron chi connectivity index (χ0n) is 27.3. The predicted molar refractivity (Wildman–Crippen MR) is 167 cm³/mol. The number of carbonyl (C=O) groups is 3. The van der Waals surface area contributed by atoms with E-state index in [0.29, 0.717) is 22.8 Å². The minimum Gasteiger partial charge on any atom is -0.481 e. The largest absolute Gasteiger partial charge is 0.481 e.